The molecule has 2 N–H and O–H groups in total. The average molecular weight is 274 g/mol. The summed E-state index contributed by atoms with van der Waals surface area (Å²) in [6, 6.07) is 5.77. The number of rotatable bonds is 3. The Hall–Kier alpha value is -2.46. The molecule has 1 aliphatic heterocycles. The molecular formula is C13H14N4O3. The van der Waals surface area contributed by atoms with E-state index in [2.05, 4.69) is 10.6 Å². The number of nitrogens with one attached hydrogen (secondary N) is 2. The van der Waals surface area contributed by atoms with Gasteiger partial charge in [-0.05, 0) is 26.0 Å². The fourth-order valence-electron chi connectivity index (χ4n) is 2.29. The Morgan fingerprint density at radius 2 is 2.35 bits per heavy atom. The van der Waals surface area contributed by atoms with E-state index < -0.39 is 4.92 Å². The number of carbonyl (C=O) groups is 1. The Labute approximate surface area is 115 Å². The third-order valence-corrected chi connectivity index (χ3v) is 3.45. The first kappa shape index (κ1) is 14.0. The number of nitro benzene ring substituents is 1. The zero-order valence-corrected chi connectivity index (χ0v) is 10.9. The van der Waals surface area contributed by atoms with Gasteiger partial charge in [-0.1, -0.05) is 0 Å². The number of non-ortho nitro benzene ring substituents is 1. The van der Waals surface area contributed by atoms with Crippen molar-refractivity contribution >= 4 is 17.3 Å². The number of nitrogens with zero attached hydrogens (tertiary/aromatic N) is 2. The van der Waals surface area contributed by atoms with E-state index in [0.29, 0.717) is 5.69 Å². The van der Waals surface area contributed by atoms with Gasteiger partial charge in [0.25, 0.3) is 5.69 Å². The van der Waals surface area contributed by atoms with Gasteiger partial charge in [0.15, 0.2) is 0 Å². The van der Waals surface area contributed by atoms with Gasteiger partial charge in [-0.2, -0.15) is 5.26 Å². The summed E-state index contributed by atoms with van der Waals surface area (Å²) in [5.41, 5.74) is 0.226. The standard InChI is InChI=1S/C13H14N4O3/c1-8-11(4-5-15-8)13(18)16-12-3-2-10(17(19)20)6-9(12)7-14/h2-3,6,8,11,15H,4-5H2,1H3,(H,16,18). The second kappa shape index (κ2) is 5.67. The lowest BCUT2D eigenvalue weighted by Gasteiger charge is -2.15. The highest BCUT2D eigenvalue weighted by Gasteiger charge is 2.29. The molecule has 0 aromatic heterocycles. The number of hydrogen-bond donors (Lipinski definition) is 2. The first-order chi connectivity index (χ1) is 9.52. The largest absolute Gasteiger partial charge is 0.325 e. The molecule has 1 aromatic rings. The van der Waals surface area contributed by atoms with Gasteiger partial charge in [0, 0.05) is 18.2 Å². The van der Waals surface area contributed by atoms with Crippen molar-refractivity contribution in [3.8, 4) is 6.07 Å². The maximum atomic E-state index is 12.1. The zero-order chi connectivity index (χ0) is 14.7. The van der Waals surface area contributed by atoms with Gasteiger partial charge in [0.1, 0.15) is 6.07 Å². The molecule has 0 aliphatic carbocycles. The Kier molecular flexibility index (Phi) is 3.96. The molecule has 2 atom stereocenters. The molecule has 0 saturated carbocycles. The third kappa shape index (κ3) is 2.75. The Bertz CT molecular complexity index is 594. The van der Waals surface area contributed by atoms with Crippen molar-refractivity contribution in [1.29, 1.82) is 5.26 Å². The summed E-state index contributed by atoms with van der Waals surface area (Å²) in [6.45, 7) is 2.71. The van der Waals surface area contributed by atoms with Gasteiger partial charge in [-0.25, -0.2) is 0 Å². The molecule has 20 heavy (non-hydrogen) atoms. The molecule has 7 nitrogen and oxygen atoms in total. The van der Waals surface area contributed by atoms with Crippen molar-refractivity contribution in [3.63, 3.8) is 0 Å². The summed E-state index contributed by atoms with van der Waals surface area (Å²) in [5, 5.41) is 25.5. The van der Waals surface area contributed by atoms with Crippen molar-refractivity contribution in [2.24, 2.45) is 5.92 Å². The maximum absolute atomic E-state index is 12.1. The topological polar surface area (TPSA) is 108 Å². The van der Waals surface area contributed by atoms with E-state index in [1.54, 1.807) is 0 Å². The van der Waals surface area contributed by atoms with E-state index in [1.807, 2.05) is 13.0 Å². The first-order valence-electron chi connectivity index (χ1n) is 6.25. The molecule has 2 rings (SSSR count). The summed E-state index contributed by atoms with van der Waals surface area (Å²) in [7, 11) is 0. The summed E-state index contributed by atoms with van der Waals surface area (Å²) >= 11 is 0. The first-order valence-corrected chi connectivity index (χ1v) is 6.25. The van der Waals surface area contributed by atoms with Crippen LogP contribution in [-0.4, -0.2) is 23.4 Å². The van der Waals surface area contributed by atoms with Crippen LogP contribution in [-0.2, 0) is 4.79 Å². The zero-order valence-electron chi connectivity index (χ0n) is 10.9. The minimum atomic E-state index is -0.574. The summed E-state index contributed by atoms with van der Waals surface area (Å²) in [6.07, 6.45) is 0.738. The predicted octanol–water partition coefficient (Wildman–Crippen LogP) is 1.40. The van der Waals surface area contributed by atoms with Crippen LogP contribution in [0.4, 0.5) is 11.4 Å². The number of hydrogen-bond acceptors (Lipinski definition) is 5. The Morgan fingerprint density at radius 3 is 2.90 bits per heavy atom. The quantitative estimate of drug-likeness (QED) is 0.639. The highest BCUT2D eigenvalue weighted by Crippen LogP contribution is 2.23. The molecule has 1 amide bonds. The lowest BCUT2D eigenvalue weighted by Crippen LogP contribution is -2.32. The van der Waals surface area contributed by atoms with Crippen LogP contribution >= 0.6 is 0 Å². The van der Waals surface area contributed by atoms with Gasteiger partial charge in [0.05, 0.1) is 22.1 Å². The number of amides is 1. The molecule has 0 radical (unpaired) electrons. The van der Waals surface area contributed by atoms with Gasteiger partial charge in [-0.15, -0.1) is 0 Å². The van der Waals surface area contributed by atoms with Gasteiger partial charge in [0.2, 0.25) is 5.91 Å². The number of nitro groups is 1. The molecule has 0 bridgehead atoms. The van der Waals surface area contributed by atoms with Crippen LogP contribution in [0.15, 0.2) is 18.2 Å². The van der Waals surface area contributed by atoms with Crippen molar-refractivity contribution in [1.82, 2.24) is 5.32 Å². The molecule has 1 aliphatic rings. The number of carbonyl (C=O) groups excluding carboxylic acids is 1. The smallest absolute Gasteiger partial charge is 0.270 e. The van der Waals surface area contributed by atoms with Crippen LogP contribution in [0.3, 0.4) is 0 Å². The van der Waals surface area contributed by atoms with Gasteiger partial charge < -0.3 is 10.6 Å². The molecule has 0 spiro atoms. The molecule has 1 heterocycles. The highest BCUT2D eigenvalue weighted by molar-refractivity contribution is 5.94. The van der Waals surface area contributed by atoms with Crippen LogP contribution in [0, 0.1) is 27.4 Å². The second-order valence-electron chi connectivity index (χ2n) is 4.73. The Balaban J connectivity index is 2.19. The predicted molar refractivity (Wildman–Crippen MR) is 72.0 cm³/mol. The van der Waals surface area contributed by atoms with Crippen molar-refractivity contribution in [2.45, 2.75) is 19.4 Å². The fraction of sp³-hybridized carbons (Fsp3) is 0.385. The average Bonchev–Trinajstić information content (AvgIpc) is 2.85. The molecule has 1 aromatic carbocycles. The van der Waals surface area contributed by atoms with E-state index in [4.69, 9.17) is 5.26 Å². The lowest BCUT2D eigenvalue weighted by atomic mass is 10.0. The molecule has 1 saturated heterocycles. The number of nitriles is 1. The van der Waals surface area contributed by atoms with Crippen molar-refractivity contribution in [3.05, 3.63) is 33.9 Å². The van der Waals surface area contributed by atoms with E-state index in [0.717, 1.165) is 19.0 Å². The summed E-state index contributed by atoms with van der Waals surface area (Å²) in [4.78, 5) is 22.2. The highest BCUT2D eigenvalue weighted by atomic mass is 16.6. The SMILES string of the molecule is CC1NCCC1C(=O)Nc1ccc([N+](=O)[O-])cc1C#N. The normalized spacial score (nSPS) is 21.2. The van der Waals surface area contributed by atoms with Gasteiger partial charge in [-0.3, -0.25) is 14.9 Å². The summed E-state index contributed by atoms with van der Waals surface area (Å²) < 4.78 is 0. The number of anilines is 1. The fourth-order valence-corrected chi connectivity index (χ4v) is 2.29. The van der Waals surface area contributed by atoms with E-state index in [1.165, 1.54) is 12.1 Å². The number of benzene rings is 1. The van der Waals surface area contributed by atoms with E-state index in [-0.39, 0.29) is 29.1 Å². The third-order valence-electron chi connectivity index (χ3n) is 3.45. The minimum Gasteiger partial charge on any atom is -0.325 e. The van der Waals surface area contributed by atoms with E-state index in [9.17, 15) is 14.9 Å². The lowest BCUT2D eigenvalue weighted by molar-refractivity contribution is -0.384. The van der Waals surface area contributed by atoms with Crippen LogP contribution in [0.2, 0.25) is 0 Å². The van der Waals surface area contributed by atoms with Crippen LogP contribution < -0.4 is 10.6 Å². The maximum Gasteiger partial charge on any atom is 0.270 e. The molecule has 2 unspecified atom stereocenters. The van der Waals surface area contributed by atoms with Crippen molar-refractivity contribution < 1.29 is 9.72 Å². The molecule has 104 valence electrons. The Morgan fingerprint density at radius 1 is 1.60 bits per heavy atom. The molecule has 1 fully saturated rings. The molecular weight excluding hydrogens is 260 g/mol. The van der Waals surface area contributed by atoms with Crippen LogP contribution in [0.25, 0.3) is 0 Å². The summed E-state index contributed by atoms with van der Waals surface area (Å²) in [5.74, 6) is -0.329. The van der Waals surface area contributed by atoms with Gasteiger partial charge >= 0.3 is 0 Å². The van der Waals surface area contributed by atoms with Crippen molar-refractivity contribution in [2.75, 3.05) is 11.9 Å². The second-order valence-corrected chi connectivity index (χ2v) is 4.73. The van der Waals surface area contributed by atoms with Crippen LogP contribution in [0.1, 0.15) is 18.9 Å². The minimum absolute atomic E-state index is 0.0820. The molecule has 7 heteroatoms. The monoisotopic (exact) mass is 274 g/mol. The van der Waals surface area contributed by atoms with E-state index >= 15 is 0 Å². The van der Waals surface area contributed by atoms with Crippen LogP contribution in [0.5, 0.6) is 0 Å².